The molecule has 0 saturated carbocycles. The molecule has 4 nitrogen and oxygen atoms in total. The number of hydrogen-bond acceptors (Lipinski definition) is 4. The van der Waals surface area contributed by atoms with E-state index in [9.17, 15) is 0 Å². The molecule has 0 radical (unpaired) electrons. The largest absolute Gasteiger partial charge is 0.491 e. The van der Waals surface area contributed by atoms with Crippen LogP contribution in [0.5, 0.6) is 5.75 Å². The van der Waals surface area contributed by atoms with Crippen LogP contribution in [-0.4, -0.2) is 39.6 Å². The van der Waals surface area contributed by atoms with Crippen molar-refractivity contribution in [1.82, 2.24) is 0 Å². The lowest BCUT2D eigenvalue weighted by Crippen LogP contribution is -2.15. The second kappa shape index (κ2) is 10.7. The van der Waals surface area contributed by atoms with E-state index in [4.69, 9.17) is 19.9 Å². The standard InChI is InChI=1S/C16H27NO3/c1-14(17)4-5-15-6-8-16(9-7-15)20-13-12-19-11-3-10-18-2/h6-9,14H,3-5,10-13,17H2,1-2H3. The maximum atomic E-state index is 5.75. The van der Waals surface area contributed by atoms with E-state index in [1.54, 1.807) is 7.11 Å². The molecule has 0 bridgehead atoms. The molecule has 1 aromatic carbocycles. The van der Waals surface area contributed by atoms with Gasteiger partial charge in [0.15, 0.2) is 0 Å². The summed E-state index contributed by atoms with van der Waals surface area (Å²) in [6.07, 6.45) is 2.95. The van der Waals surface area contributed by atoms with Gasteiger partial charge in [-0.2, -0.15) is 0 Å². The van der Waals surface area contributed by atoms with Crippen molar-refractivity contribution in [3.05, 3.63) is 29.8 Å². The number of rotatable bonds is 11. The molecule has 0 aliphatic heterocycles. The van der Waals surface area contributed by atoms with E-state index in [0.29, 0.717) is 19.8 Å². The molecule has 1 aromatic rings. The van der Waals surface area contributed by atoms with Crippen molar-refractivity contribution in [3.8, 4) is 5.75 Å². The van der Waals surface area contributed by atoms with E-state index in [1.807, 2.05) is 19.1 Å². The predicted octanol–water partition coefficient (Wildman–Crippen LogP) is 2.40. The molecule has 114 valence electrons. The van der Waals surface area contributed by atoms with Crippen LogP contribution < -0.4 is 10.5 Å². The molecule has 2 N–H and O–H groups in total. The summed E-state index contributed by atoms with van der Waals surface area (Å²) >= 11 is 0. The number of hydrogen-bond donors (Lipinski definition) is 1. The second-order valence-electron chi connectivity index (χ2n) is 4.97. The summed E-state index contributed by atoms with van der Waals surface area (Å²) in [6, 6.07) is 8.44. The van der Waals surface area contributed by atoms with Crippen LogP contribution >= 0.6 is 0 Å². The molecule has 0 aliphatic rings. The molecule has 0 aliphatic carbocycles. The van der Waals surface area contributed by atoms with E-state index in [1.165, 1.54) is 5.56 Å². The third-order valence-corrected chi connectivity index (χ3v) is 2.95. The highest BCUT2D eigenvalue weighted by atomic mass is 16.5. The highest BCUT2D eigenvalue weighted by Crippen LogP contribution is 2.13. The lowest BCUT2D eigenvalue weighted by molar-refractivity contribution is 0.0806. The maximum absolute atomic E-state index is 5.75. The van der Waals surface area contributed by atoms with Gasteiger partial charge in [0.2, 0.25) is 0 Å². The van der Waals surface area contributed by atoms with Gasteiger partial charge in [0.25, 0.3) is 0 Å². The molecule has 0 spiro atoms. The summed E-state index contributed by atoms with van der Waals surface area (Å²) in [5.74, 6) is 0.884. The van der Waals surface area contributed by atoms with Crippen LogP contribution in [0.25, 0.3) is 0 Å². The third-order valence-electron chi connectivity index (χ3n) is 2.95. The van der Waals surface area contributed by atoms with Crippen LogP contribution in [0.1, 0.15) is 25.3 Å². The fourth-order valence-corrected chi connectivity index (χ4v) is 1.77. The number of methoxy groups -OCH3 is 1. The van der Waals surface area contributed by atoms with Gasteiger partial charge in [0.05, 0.1) is 6.61 Å². The summed E-state index contributed by atoms with van der Waals surface area (Å²) < 4.78 is 16.0. The van der Waals surface area contributed by atoms with Gasteiger partial charge in [0.1, 0.15) is 12.4 Å². The maximum Gasteiger partial charge on any atom is 0.119 e. The first-order chi connectivity index (χ1) is 9.72. The van der Waals surface area contributed by atoms with Gasteiger partial charge in [0, 0.05) is 26.4 Å². The minimum absolute atomic E-state index is 0.251. The van der Waals surface area contributed by atoms with Gasteiger partial charge in [-0.05, 0) is 43.9 Å². The van der Waals surface area contributed by atoms with Gasteiger partial charge in [-0.15, -0.1) is 0 Å². The summed E-state index contributed by atoms with van der Waals surface area (Å²) in [4.78, 5) is 0. The summed E-state index contributed by atoms with van der Waals surface area (Å²) in [6.45, 7) is 4.67. The quantitative estimate of drug-likeness (QED) is 0.633. The van der Waals surface area contributed by atoms with Crippen molar-refractivity contribution >= 4 is 0 Å². The SMILES string of the molecule is COCCCOCCOc1ccc(CCC(C)N)cc1. The fourth-order valence-electron chi connectivity index (χ4n) is 1.77. The Hall–Kier alpha value is -1.10. The minimum Gasteiger partial charge on any atom is -0.491 e. The molecular weight excluding hydrogens is 254 g/mol. The first kappa shape index (κ1) is 17.0. The molecule has 0 saturated heterocycles. The first-order valence-corrected chi connectivity index (χ1v) is 7.26. The van der Waals surface area contributed by atoms with Crippen LogP contribution in [0.2, 0.25) is 0 Å². The molecule has 0 aromatic heterocycles. The zero-order valence-corrected chi connectivity index (χ0v) is 12.6. The van der Waals surface area contributed by atoms with Crippen molar-refractivity contribution in [3.63, 3.8) is 0 Å². The fraction of sp³-hybridized carbons (Fsp3) is 0.625. The Balaban J connectivity index is 2.12. The first-order valence-electron chi connectivity index (χ1n) is 7.26. The Bertz CT molecular complexity index is 338. The average Bonchev–Trinajstić information content (AvgIpc) is 2.45. The number of nitrogens with two attached hydrogens (primary N) is 1. The second-order valence-corrected chi connectivity index (χ2v) is 4.97. The zero-order valence-electron chi connectivity index (χ0n) is 12.6. The molecule has 4 heteroatoms. The van der Waals surface area contributed by atoms with E-state index in [0.717, 1.165) is 31.6 Å². The van der Waals surface area contributed by atoms with Crippen molar-refractivity contribution in [2.24, 2.45) is 5.73 Å². The highest BCUT2D eigenvalue weighted by molar-refractivity contribution is 5.27. The number of aryl methyl sites for hydroxylation is 1. The van der Waals surface area contributed by atoms with Crippen molar-refractivity contribution in [2.45, 2.75) is 32.2 Å². The molecule has 1 rings (SSSR count). The minimum atomic E-state index is 0.251. The average molecular weight is 281 g/mol. The Morgan fingerprint density at radius 2 is 1.80 bits per heavy atom. The van der Waals surface area contributed by atoms with Crippen molar-refractivity contribution < 1.29 is 14.2 Å². The normalized spacial score (nSPS) is 12.3. The zero-order chi connectivity index (χ0) is 14.6. The lowest BCUT2D eigenvalue weighted by atomic mass is 10.1. The van der Waals surface area contributed by atoms with Crippen LogP contribution in [0, 0.1) is 0 Å². The molecule has 1 unspecified atom stereocenters. The van der Waals surface area contributed by atoms with Gasteiger partial charge in [-0.25, -0.2) is 0 Å². The van der Waals surface area contributed by atoms with Crippen molar-refractivity contribution in [1.29, 1.82) is 0 Å². The summed E-state index contributed by atoms with van der Waals surface area (Å²) in [5, 5.41) is 0. The third kappa shape index (κ3) is 8.15. The van der Waals surface area contributed by atoms with Gasteiger partial charge >= 0.3 is 0 Å². The van der Waals surface area contributed by atoms with E-state index in [2.05, 4.69) is 12.1 Å². The lowest BCUT2D eigenvalue weighted by Gasteiger charge is -2.09. The molecule has 0 amide bonds. The van der Waals surface area contributed by atoms with E-state index < -0.39 is 0 Å². The summed E-state index contributed by atoms with van der Waals surface area (Å²) in [5.41, 5.74) is 7.05. The number of benzene rings is 1. The molecule has 0 fully saturated rings. The summed E-state index contributed by atoms with van der Waals surface area (Å²) in [7, 11) is 1.70. The van der Waals surface area contributed by atoms with Crippen LogP contribution in [-0.2, 0) is 15.9 Å². The van der Waals surface area contributed by atoms with Crippen LogP contribution in [0.3, 0.4) is 0 Å². The Morgan fingerprint density at radius 3 is 2.45 bits per heavy atom. The number of ether oxygens (including phenoxy) is 3. The highest BCUT2D eigenvalue weighted by Gasteiger charge is 1.98. The topological polar surface area (TPSA) is 53.7 Å². The van der Waals surface area contributed by atoms with Crippen LogP contribution in [0.4, 0.5) is 0 Å². The van der Waals surface area contributed by atoms with Gasteiger partial charge < -0.3 is 19.9 Å². The Labute approximate surface area is 122 Å². The molecule has 20 heavy (non-hydrogen) atoms. The van der Waals surface area contributed by atoms with E-state index >= 15 is 0 Å². The van der Waals surface area contributed by atoms with Crippen LogP contribution in [0.15, 0.2) is 24.3 Å². The van der Waals surface area contributed by atoms with Crippen molar-refractivity contribution in [2.75, 3.05) is 33.5 Å². The molecule has 1 atom stereocenters. The molecule has 0 heterocycles. The Morgan fingerprint density at radius 1 is 1.05 bits per heavy atom. The smallest absolute Gasteiger partial charge is 0.119 e. The van der Waals surface area contributed by atoms with E-state index in [-0.39, 0.29) is 6.04 Å². The molecular formula is C16H27NO3. The van der Waals surface area contributed by atoms with Gasteiger partial charge in [-0.3, -0.25) is 0 Å². The van der Waals surface area contributed by atoms with Gasteiger partial charge in [-0.1, -0.05) is 12.1 Å². The Kier molecular flexibility index (Phi) is 9.04. The predicted molar refractivity (Wildman–Crippen MR) is 81.2 cm³/mol. The monoisotopic (exact) mass is 281 g/mol.